The summed E-state index contributed by atoms with van der Waals surface area (Å²) in [6.45, 7) is 5.82. The van der Waals surface area contributed by atoms with Gasteiger partial charge >= 0.3 is 0 Å². The van der Waals surface area contributed by atoms with Gasteiger partial charge in [0, 0.05) is 18.7 Å². The third-order valence-corrected chi connectivity index (χ3v) is 3.36. The summed E-state index contributed by atoms with van der Waals surface area (Å²) in [6, 6.07) is 3.71. The maximum Gasteiger partial charge on any atom is 0.254 e. The third kappa shape index (κ3) is 2.67. The standard InChI is InChI=1S/C15H21NO3/c1-10(2)9-16-6-5-11-7-13(18-3)14(19-4)8-12(11)15(16)17/h7-8,10H,5-6,9H2,1-4H3. The molecule has 104 valence electrons. The molecule has 1 heterocycles. The Morgan fingerprint density at radius 2 is 1.84 bits per heavy atom. The lowest BCUT2D eigenvalue weighted by Gasteiger charge is -2.30. The van der Waals surface area contributed by atoms with Crippen molar-refractivity contribution in [2.75, 3.05) is 27.3 Å². The number of methoxy groups -OCH3 is 2. The zero-order valence-corrected chi connectivity index (χ0v) is 12.0. The fourth-order valence-electron chi connectivity index (χ4n) is 2.47. The summed E-state index contributed by atoms with van der Waals surface area (Å²) in [5.74, 6) is 1.87. The van der Waals surface area contributed by atoms with E-state index in [9.17, 15) is 4.79 Å². The lowest BCUT2D eigenvalue weighted by molar-refractivity contribution is 0.0719. The predicted molar refractivity (Wildman–Crippen MR) is 74.0 cm³/mol. The highest BCUT2D eigenvalue weighted by molar-refractivity contribution is 5.97. The first-order valence-corrected chi connectivity index (χ1v) is 6.61. The normalized spacial score (nSPS) is 14.6. The van der Waals surface area contributed by atoms with E-state index in [-0.39, 0.29) is 5.91 Å². The van der Waals surface area contributed by atoms with Crippen LogP contribution in [0.3, 0.4) is 0 Å². The molecule has 1 aromatic rings. The van der Waals surface area contributed by atoms with Gasteiger partial charge in [0.1, 0.15) is 0 Å². The van der Waals surface area contributed by atoms with E-state index in [0.717, 1.165) is 30.6 Å². The van der Waals surface area contributed by atoms with Crippen molar-refractivity contribution in [1.29, 1.82) is 0 Å². The predicted octanol–water partition coefficient (Wildman–Crippen LogP) is 2.36. The first-order valence-electron chi connectivity index (χ1n) is 6.61. The fourth-order valence-corrected chi connectivity index (χ4v) is 2.47. The molecule has 0 aromatic heterocycles. The van der Waals surface area contributed by atoms with E-state index >= 15 is 0 Å². The SMILES string of the molecule is COc1cc2c(cc1OC)C(=O)N(CC(C)C)CC2. The van der Waals surface area contributed by atoms with E-state index in [1.54, 1.807) is 20.3 Å². The van der Waals surface area contributed by atoms with Crippen molar-refractivity contribution in [1.82, 2.24) is 4.90 Å². The second kappa shape index (κ2) is 5.51. The molecule has 1 aromatic carbocycles. The average molecular weight is 263 g/mol. The number of nitrogens with zero attached hydrogens (tertiary/aromatic N) is 1. The summed E-state index contributed by atoms with van der Waals surface area (Å²) in [5, 5.41) is 0. The maximum absolute atomic E-state index is 12.4. The van der Waals surface area contributed by atoms with Gasteiger partial charge in [0.2, 0.25) is 0 Å². The lowest BCUT2D eigenvalue weighted by Crippen LogP contribution is -2.39. The van der Waals surface area contributed by atoms with Crippen molar-refractivity contribution in [2.24, 2.45) is 5.92 Å². The topological polar surface area (TPSA) is 38.8 Å². The number of carbonyl (C=O) groups excluding carboxylic acids is 1. The zero-order valence-electron chi connectivity index (χ0n) is 12.0. The van der Waals surface area contributed by atoms with Crippen LogP contribution in [-0.2, 0) is 6.42 Å². The number of hydrogen-bond donors (Lipinski definition) is 0. The van der Waals surface area contributed by atoms with Crippen molar-refractivity contribution >= 4 is 5.91 Å². The van der Waals surface area contributed by atoms with Gasteiger partial charge in [0.05, 0.1) is 14.2 Å². The molecule has 2 rings (SSSR count). The number of carbonyl (C=O) groups is 1. The molecular formula is C15H21NO3. The van der Waals surface area contributed by atoms with Crippen molar-refractivity contribution in [3.63, 3.8) is 0 Å². The minimum atomic E-state index is 0.0934. The van der Waals surface area contributed by atoms with Crippen LogP contribution in [0.2, 0.25) is 0 Å². The molecular weight excluding hydrogens is 242 g/mol. The van der Waals surface area contributed by atoms with Crippen LogP contribution in [0.15, 0.2) is 12.1 Å². The quantitative estimate of drug-likeness (QED) is 0.837. The van der Waals surface area contributed by atoms with E-state index in [1.165, 1.54) is 0 Å². The van der Waals surface area contributed by atoms with E-state index in [1.807, 2.05) is 11.0 Å². The molecule has 0 saturated heterocycles. The Kier molecular flexibility index (Phi) is 3.98. The molecule has 0 atom stereocenters. The van der Waals surface area contributed by atoms with Gasteiger partial charge in [0.15, 0.2) is 11.5 Å². The van der Waals surface area contributed by atoms with Gasteiger partial charge in [-0.3, -0.25) is 4.79 Å². The highest BCUT2D eigenvalue weighted by Gasteiger charge is 2.26. The molecule has 0 fully saturated rings. The molecule has 1 aliphatic rings. The number of hydrogen-bond acceptors (Lipinski definition) is 3. The Hall–Kier alpha value is -1.71. The van der Waals surface area contributed by atoms with Crippen LogP contribution in [0.5, 0.6) is 11.5 Å². The molecule has 1 amide bonds. The van der Waals surface area contributed by atoms with Gasteiger partial charge in [-0.15, -0.1) is 0 Å². The summed E-state index contributed by atoms with van der Waals surface area (Å²) >= 11 is 0. The van der Waals surface area contributed by atoms with Gasteiger partial charge in [-0.1, -0.05) is 13.8 Å². The maximum atomic E-state index is 12.4. The van der Waals surface area contributed by atoms with Crippen LogP contribution >= 0.6 is 0 Å². The van der Waals surface area contributed by atoms with E-state index in [4.69, 9.17) is 9.47 Å². The van der Waals surface area contributed by atoms with Crippen molar-refractivity contribution in [3.05, 3.63) is 23.3 Å². The monoisotopic (exact) mass is 263 g/mol. The van der Waals surface area contributed by atoms with Crippen LogP contribution in [0, 0.1) is 5.92 Å². The summed E-state index contributed by atoms with van der Waals surface area (Å²) in [5.41, 5.74) is 1.78. The van der Waals surface area contributed by atoms with Crippen LogP contribution in [-0.4, -0.2) is 38.1 Å². The highest BCUT2D eigenvalue weighted by atomic mass is 16.5. The summed E-state index contributed by atoms with van der Waals surface area (Å²) < 4.78 is 10.6. The fraction of sp³-hybridized carbons (Fsp3) is 0.533. The summed E-state index contributed by atoms with van der Waals surface area (Å²) in [7, 11) is 3.20. The number of benzene rings is 1. The van der Waals surface area contributed by atoms with Crippen molar-refractivity contribution in [2.45, 2.75) is 20.3 Å². The van der Waals surface area contributed by atoms with Crippen LogP contribution in [0.25, 0.3) is 0 Å². The summed E-state index contributed by atoms with van der Waals surface area (Å²) in [6.07, 6.45) is 0.869. The van der Waals surface area contributed by atoms with Crippen LogP contribution in [0.1, 0.15) is 29.8 Å². The Bertz CT molecular complexity index is 483. The molecule has 0 radical (unpaired) electrons. The number of rotatable bonds is 4. The molecule has 19 heavy (non-hydrogen) atoms. The Morgan fingerprint density at radius 1 is 1.21 bits per heavy atom. The molecule has 0 bridgehead atoms. The average Bonchev–Trinajstić information content (AvgIpc) is 2.40. The molecule has 4 heteroatoms. The Labute approximate surface area is 114 Å². The molecule has 4 nitrogen and oxygen atoms in total. The lowest BCUT2D eigenvalue weighted by atomic mass is 9.97. The second-order valence-electron chi connectivity index (χ2n) is 5.26. The minimum absolute atomic E-state index is 0.0934. The first kappa shape index (κ1) is 13.7. The Balaban J connectivity index is 2.35. The van der Waals surface area contributed by atoms with E-state index in [2.05, 4.69) is 13.8 Å². The zero-order chi connectivity index (χ0) is 14.0. The molecule has 0 aliphatic carbocycles. The van der Waals surface area contributed by atoms with Gasteiger partial charge in [0.25, 0.3) is 5.91 Å². The van der Waals surface area contributed by atoms with E-state index in [0.29, 0.717) is 17.4 Å². The molecule has 0 spiro atoms. The number of amides is 1. The molecule has 0 saturated carbocycles. The van der Waals surface area contributed by atoms with Gasteiger partial charge in [-0.2, -0.15) is 0 Å². The second-order valence-corrected chi connectivity index (χ2v) is 5.26. The summed E-state index contributed by atoms with van der Waals surface area (Å²) in [4.78, 5) is 14.4. The highest BCUT2D eigenvalue weighted by Crippen LogP contribution is 2.33. The Morgan fingerprint density at radius 3 is 2.42 bits per heavy atom. The first-order chi connectivity index (χ1) is 9.06. The van der Waals surface area contributed by atoms with Crippen LogP contribution in [0.4, 0.5) is 0 Å². The molecule has 0 N–H and O–H groups in total. The smallest absolute Gasteiger partial charge is 0.254 e. The van der Waals surface area contributed by atoms with Crippen LogP contribution < -0.4 is 9.47 Å². The van der Waals surface area contributed by atoms with Gasteiger partial charge in [-0.05, 0) is 30.0 Å². The van der Waals surface area contributed by atoms with Crippen molar-refractivity contribution < 1.29 is 14.3 Å². The minimum Gasteiger partial charge on any atom is -0.493 e. The van der Waals surface area contributed by atoms with E-state index < -0.39 is 0 Å². The van der Waals surface area contributed by atoms with Crippen molar-refractivity contribution in [3.8, 4) is 11.5 Å². The third-order valence-electron chi connectivity index (χ3n) is 3.36. The number of ether oxygens (including phenoxy) is 2. The molecule has 1 aliphatic heterocycles. The molecule has 0 unspecified atom stereocenters. The van der Waals surface area contributed by atoms with Gasteiger partial charge < -0.3 is 14.4 Å². The number of fused-ring (bicyclic) bond motifs is 1. The van der Waals surface area contributed by atoms with Gasteiger partial charge in [-0.25, -0.2) is 0 Å². The largest absolute Gasteiger partial charge is 0.493 e.